The molecule has 6 rings (SSSR count). The predicted octanol–water partition coefficient (Wildman–Crippen LogP) is 3.23. The van der Waals surface area contributed by atoms with Crippen LogP contribution in [0.15, 0.2) is 67.3 Å². The van der Waals surface area contributed by atoms with Gasteiger partial charge in [-0.25, -0.2) is 13.7 Å². The van der Waals surface area contributed by atoms with Crippen molar-refractivity contribution in [1.82, 2.24) is 19.1 Å². The molecular formula is C21H16N5+. The molecule has 1 aliphatic rings. The molecule has 5 heterocycles. The number of benzene rings is 1. The van der Waals surface area contributed by atoms with Crippen molar-refractivity contribution in [2.75, 3.05) is 0 Å². The van der Waals surface area contributed by atoms with Gasteiger partial charge in [0.15, 0.2) is 5.52 Å². The largest absolute Gasteiger partial charge is 0.274 e. The normalized spacial score (nSPS) is 14.8. The first-order chi connectivity index (χ1) is 14.1. The summed E-state index contributed by atoms with van der Waals surface area (Å²) in [5.41, 5.74) is 5.26. The van der Waals surface area contributed by atoms with Crippen molar-refractivity contribution in [3.8, 4) is 17.1 Å². The summed E-state index contributed by atoms with van der Waals surface area (Å²) in [4.78, 5) is 8.54. The standard InChI is InChI=1S/C21H16N5/c1-24-20-16-7-9-22-11-14(16)13-25(20)19-17-8-10-23-12-18(17)26(21(19)24)15-5-3-2-4-6-15/h2-12H,13H2,1H3/q+1/i1D3. The molecule has 5 heteroatoms. The van der Waals surface area contributed by atoms with Crippen molar-refractivity contribution in [2.24, 2.45) is 6.98 Å². The van der Waals surface area contributed by atoms with Crippen molar-refractivity contribution in [3.63, 3.8) is 0 Å². The summed E-state index contributed by atoms with van der Waals surface area (Å²) < 4.78 is 30.6. The van der Waals surface area contributed by atoms with E-state index in [1.54, 1.807) is 18.6 Å². The minimum Gasteiger partial charge on any atom is -0.264 e. The second-order valence-corrected chi connectivity index (χ2v) is 6.51. The van der Waals surface area contributed by atoms with E-state index in [1.807, 2.05) is 53.2 Å². The van der Waals surface area contributed by atoms with Crippen LogP contribution in [0.4, 0.5) is 0 Å². The van der Waals surface area contributed by atoms with Crippen LogP contribution in [0.25, 0.3) is 39.1 Å². The number of hydrogen-bond acceptors (Lipinski definition) is 2. The fraction of sp³-hybridized carbons (Fsp3) is 0.0952. The molecule has 0 saturated heterocycles. The van der Waals surface area contributed by atoms with Crippen LogP contribution >= 0.6 is 0 Å². The Morgan fingerprint density at radius 2 is 1.88 bits per heavy atom. The average Bonchev–Trinajstić information content (AvgIpc) is 3.34. The van der Waals surface area contributed by atoms with Gasteiger partial charge in [0, 0.05) is 24.2 Å². The maximum atomic E-state index is 8.35. The summed E-state index contributed by atoms with van der Waals surface area (Å²) in [6, 6.07) is 13.7. The number of para-hydroxylation sites is 1. The third-order valence-electron chi connectivity index (χ3n) is 5.16. The highest BCUT2D eigenvalue weighted by Crippen LogP contribution is 2.38. The molecule has 0 saturated carbocycles. The van der Waals surface area contributed by atoms with Crippen LogP contribution in [0, 0.1) is 0 Å². The monoisotopic (exact) mass is 341 g/mol. The maximum Gasteiger partial charge on any atom is 0.274 e. The van der Waals surface area contributed by atoms with E-state index in [9.17, 15) is 0 Å². The molecule has 0 amide bonds. The number of rotatable bonds is 1. The number of pyridine rings is 2. The van der Waals surface area contributed by atoms with Crippen molar-refractivity contribution in [1.29, 1.82) is 0 Å². The molecule has 0 atom stereocenters. The van der Waals surface area contributed by atoms with Crippen LogP contribution < -0.4 is 4.57 Å². The Bertz CT molecular complexity index is 1410. The smallest absolute Gasteiger partial charge is 0.264 e. The number of fused-ring (bicyclic) bond motifs is 7. The number of nitrogens with zero attached hydrogens (tertiary/aromatic N) is 5. The lowest BCUT2D eigenvalue weighted by Gasteiger charge is -2.03. The van der Waals surface area contributed by atoms with Gasteiger partial charge in [0.2, 0.25) is 5.82 Å². The molecule has 0 aliphatic carbocycles. The number of aryl methyl sites for hydroxylation is 1. The fourth-order valence-corrected chi connectivity index (χ4v) is 4.10. The van der Waals surface area contributed by atoms with Gasteiger partial charge >= 0.3 is 0 Å². The lowest BCUT2D eigenvalue weighted by atomic mass is 10.2. The SMILES string of the molecule is [2H]C([2H])([2H])[n+]1c2n(c3c4ccncc4n(-c4ccccc4)c31)Cc1cnccc1-2. The minimum atomic E-state index is -2.35. The van der Waals surface area contributed by atoms with E-state index in [0.717, 1.165) is 33.2 Å². The Balaban J connectivity index is 1.88. The van der Waals surface area contributed by atoms with Crippen molar-refractivity contribution < 1.29 is 8.68 Å². The molecule has 5 aromatic rings. The number of aromatic nitrogens is 5. The first-order valence-electron chi connectivity index (χ1n) is 9.97. The molecule has 0 N–H and O–H groups in total. The molecule has 4 aromatic heterocycles. The molecule has 0 unspecified atom stereocenters. The molecule has 1 aliphatic heterocycles. The van der Waals surface area contributed by atoms with E-state index in [2.05, 4.69) is 14.5 Å². The summed E-state index contributed by atoms with van der Waals surface area (Å²) >= 11 is 0. The minimum absolute atomic E-state index is 0.592. The summed E-state index contributed by atoms with van der Waals surface area (Å²) in [6.45, 7) is -1.76. The highest BCUT2D eigenvalue weighted by atomic mass is 15.2. The van der Waals surface area contributed by atoms with E-state index >= 15 is 0 Å². The van der Waals surface area contributed by atoms with Gasteiger partial charge in [0.1, 0.15) is 11.2 Å². The average molecular weight is 341 g/mol. The van der Waals surface area contributed by atoms with Gasteiger partial charge in [0.05, 0.1) is 34.8 Å². The first kappa shape index (κ1) is 11.2. The molecule has 0 spiro atoms. The Kier molecular flexibility index (Phi) is 2.06. The molecular weight excluding hydrogens is 322 g/mol. The van der Waals surface area contributed by atoms with Crippen LogP contribution in [0.1, 0.15) is 9.68 Å². The lowest BCUT2D eigenvalue weighted by molar-refractivity contribution is -0.636. The Morgan fingerprint density at radius 1 is 1.04 bits per heavy atom. The van der Waals surface area contributed by atoms with Crippen LogP contribution in [-0.2, 0) is 13.5 Å². The van der Waals surface area contributed by atoms with Gasteiger partial charge in [-0.1, -0.05) is 18.2 Å². The van der Waals surface area contributed by atoms with Crippen molar-refractivity contribution in [2.45, 2.75) is 6.54 Å². The van der Waals surface area contributed by atoms with E-state index in [-0.39, 0.29) is 0 Å². The Morgan fingerprint density at radius 3 is 2.77 bits per heavy atom. The van der Waals surface area contributed by atoms with E-state index in [1.165, 1.54) is 4.57 Å². The molecule has 0 radical (unpaired) electrons. The number of imidazole rings is 1. The summed E-state index contributed by atoms with van der Waals surface area (Å²) in [5, 5.41) is 0.976. The van der Waals surface area contributed by atoms with Gasteiger partial charge in [-0.05, 0) is 24.3 Å². The first-order valence-corrected chi connectivity index (χ1v) is 8.47. The van der Waals surface area contributed by atoms with Gasteiger partial charge in [-0.15, -0.1) is 0 Å². The zero-order chi connectivity index (χ0) is 19.8. The van der Waals surface area contributed by atoms with E-state index in [0.29, 0.717) is 18.0 Å². The molecule has 1 aromatic carbocycles. The van der Waals surface area contributed by atoms with Gasteiger partial charge < -0.3 is 0 Å². The molecule has 0 bridgehead atoms. The second kappa shape index (κ2) is 4.79. The van der Waals surface area contributed by atoms with Crippen LogP contribution in [0.5, 0.6) is 0 Å². The molecule has 5 nitrogen and oxygen atoms in total. The second-order valence-electron chi connectivity index (χ2n) is 6.51. The van der Waals surface area contributed by atoms with Crippen LogP contribution in [0.3, 0.4) is 0 Å². The Hall–Kier alpha value is -3.47. The van der Waals surface area contributed by atoms with Crippen LogP contribution in [-0.4, -0.2) is 19.1 Å². The summed E-state index contributed by atoms with van der Waals surface area (Å²) in [6.07, 6.45) is 7.07. The molecule has 124 valence electrons. The Labute approximate surface area is 154 Å². The summed E-state index contributed by atoms with van der Waals surface area (Å²) in [7, 11) is 0. The zero-order valence-electron chi connectivity index (χ0n) is 16.8. The van der Waals surface area contributed by atoms with Gasteiger partial charge in [0.25, 0.3) is 5.65 Å². The molecule has 26 heavy (non-hydrogen) atoms. The number of hydrogen-bond donors (Lipinski definition) is 0. The van der Waals surface area contributed by atoms with Gasteiger partial charge in [-0.2, -0.15) is 0 Å². The third-order valence-corrected chi connectivity index (χ3v) is 5.16. The quantitative estimate of drug-likeness (QED) is 0.431. The maximum absolute atomic E-state index is 8.35. The highest BCUT2D eigenvalue weighted by molar-refractivity contribution is 6.06. The van der Waals surface area contributed by atoms with Crippen molar-refractivity contribution in [3.05, 3.63) is 72.8 Å². The zero-order valence-corrected chi connectivity index (χ0v) is 13.8. The lowest BCUT2D eigenvalue weighted by Crippen LogP contribution is -2.31. The van der Waals surface area contributed by atoms with Gasteiger partial charge in [-0.3, -0.25) is 9.97 Å². The predicted molar refractivity (Wildman–Crippen MR) is 100 cm³/mol. The summed E-state index contributed by atoms with van der Waals surface area (Å²) in [5.74, 6) is 0.691. The van der Waals surface area contributed by atoms with E-state index < -0.39 is 6.98 Å². The van der Waals surface area contributed by atoms with Crippen molar-refractivity contribution >= 4 is 22.1 Å². The van der Waals surface area contributed by atoms with Crippen LogP contribution in [0.2, 0.25) is 0 Å². The van der Waals surface area contributed by atoms with E-state index in [4.69, 9.17) is 4.11 Å². The topological polar surface area (TPSA) is 39.5 Å². The highest BCUT2D eigenvalue weighted by Gasteiger charge is 2.35. The third kappa shape index (κ3) is 1.57. The molecule has 0 fully saturated rings. The fourth-order valence-electron chi connectivity index (χ4n) is 4.10.